The number of carbonyl (C=O) groups is 1. The molecule has 0 radical (unpaired) electrons. The number of nitrogens with zero attached hydrogens (tertiary/aromatic N) is 1. The molecule has 0 aliphatic carbocycles. The highest BCUT2D eigenvalue weighted by Gasteiger charge is 2.37. The van der Waals surface area contributed by atoms with Gasteiger partial charge in [0.15, 0.2) is 0 Å². The number of likely N-dealkylation sites (tertiary alicyclic amines) is 1. The molecule has 4 aromatic rings. The molecule has 1 aliphatic heterocycles. The average Bonchev–Trinajstić information content (AvgIpc) is 3.42. The van der Waals surface area contributed by atoms with Gasteiger partial charge < -0.3 is 5.11 Å². The van der Waals surface area contributed by atoms with Gasteiger partial charge in [-0.25, -0.2) is 0 Å². The van der Waals surface area contributed by atoms with Crippen LogP contribution < -0.4 is 0 Å². The Hall–Kier alpha value is -2.95. The van der Waals surface area contributed by atoms with E-state index in [0.29, 0.717) is 6.42 Å². The van der Waals surface area contributed by atoms with Crippen LogP contribution in [0.1, 0.15) is 29.3 Å². The van der Waals surface area contributed by atoms with E-state index >= 15 is 0 Å². The van der Waals surface area contributed by atoms with Gasteiger partial charge in [0.2, 0.25) is 0 Å². The smallest absolute Gasteiger partial charge is 0.320 e. The molecule has 150 valence electrons. The number of fused-ring (bicyclic) bond motifs is 1. The van der Waals surface area contributed by atoms with Crippen molar-refractivity contribution >= 4 is 27.4 Å². The van der Waals surface area contributed by atoms with Crippen LogP contribution >= 0.6 is 11.3 Å². The number of aliphatic carboxylic acids is 1. The lowest BCUT2D eigenvalue weighted by Gasteiger charge is -2.31. The lowest BCUT2D eigenvalue weighted by atomic mass is 9.98. The molecule has 4 heteroatoms. The van der Waals surface area contributed by atoms with Crippen LogP contribution in [-0.2, 0) is 4.79 Å². The zero-order valence-corrected chi connectivity index (χ0v) is 17.4. The first-order chi connectivity index (χ1) is 14.7. The Morgan fingerprint density at radius 3 is 2.37 bits per heavy atom. The molecule has 1 aromatic heterocycles. The molecule has 5 rings (SSSR count). The maximum atomic E-state index is 12.0. The molecule has 2 heterocycles. The monoisotopic (exact) mass is 413 g/mol. The summed E-state index contributed by atoms with van der Waals surface area (Å²) in [5.74, 6) is -0.723. The lowest BCUT2D eigenvalue weighted by Crippen LogP contribution is -2.38. The summed E-state index contributed by atoms with van der Waals surface area (Å²) in [6.45, 7) is 0.802. The van der Waals surface area contributed by atoms with Gasteiger partial charge >= 0.3 is 5.97 Å². The maximum Gasteiger partial charge on any atom is 0.320 e. The standard InChI is InChI=1S/C26H23NO2S/c28-26(29)22-10-6-16-27(22)25(24-17-21-9-4-5-11-23(21)30-24)20-14-12-19(13-15-20)18-7-2-1-3-8-18/h1-5,7-9,11-15,17,22,25H,6,10,16H2,(H,28,29). The van der Waals surface area contributed by atoms with Gasteiger partial charge in [-0.2, -0.15) is 0 Å². The molecular weight excluding hydrogens is 390 g/mol. The van der Waals surface area contributed by atoms with Crippen molar-refractivity contribution in [2.75, 3.05) is 6.54 Å². The van der Waals surface area contributed by atoms with Crippen molar-refractivity contribution in [1.82, 2.24) is 4.90 Å². The fraction of sp³-hybridized carbons (Fsp3) is 0.192. The van der Waals surface area contributed by atoms with E-state index < -0.39 is 12.0 Å². The highest BCUT2D eigenvalue weighted by Crippen LogP contribution is 2.40. The van der Waals surface area contributed by atoms with Crippen LogP contribution in [0.4, 0.5) is 0 Å². The fourth-order valence-corrected chi connectivity index (χ4v) is 5.72. The molecule has 3 aromatic carbocycles. The van der Waals surface area contributed by atoms with Gasteiger partial charge in [-0.3, -0.25) is 9.69 Å². The van der Waals surface area contributed by atoms with Crippen molar-refractivity contribution in [2.45, 2.75) is 24.9 Å². The molecule has 1 aliphatic rings. The second kappa shape index (κ2) is 8.05. The van der Waals surface area contributed by atoms with Crippen LogP contribution in [0, 0.1) is 0 Å². The number of benzene rings is 3. The summed E-state index contributed by atoms with van der Waals surface area (Å²) in [5.41, 5.74) is 3.51. The summed E-state index contributed by atoms with van der Waals surface area (Å²) in [4.78, 5) is 15.3. The molecular formula is C26H23NO2S. The van der Waals surface area contributed by atoms with E-state index in [-0.39, 0.29) is 6.04 Å². The fourth-order valence-electron chi connectivity index (χ4n) is 4.51. The quantitative estimate of drug-likeness (QED) is 0.423. The van der Waals surface area contributed by atoms with Crippen LogP contribution in [0.5, 0.6) is 0 Å². The number of carboxylic acid groups (broad SMARTS) is 1. The number of hydrogen-bond acceptors (Lipinski definition) is 3. The van der Waals surface area contributed by atoms with E-state index in [2.05, 4.69) is 71.6 Å². The lowest BCUT2D eigenvalue weighted by molar-refractivity contribution is -0.142. The van der Waals surface area contributed by atoms with Crippen molar-refractivity contribution in [3.05, 3.63) is 95.4 Å². The van der Waals surface area contributed by atoms with Gasteiger partial charge in [0.05, 0.1) is 6.04 Å². The second-order valence-electron chi connectivity index (χ2n) is 7.81. The first-order valence-electron chi connectivity index (χ1n) is 10.3. The number of carboxylic acids is 1. The summed E-state index contributed by atoms with van der Waals surface area (Å²) in [5, 5.41) is 11.0. The van der Waals surface area contributed by atoms with E-state index in [0.717, 1.165) is 18.5 Å². The maximum absolute atomic E-state index is 12.0. The largest absolute Gasteiger partial charge is 0.480 e. The molecule has 1 saturated heterocycles. The van der Waals surface area contributed by atoms with Crippen LogP contribution in [-0.4, -0.2) is 28.6 Å². The Kier molecular flexibility index (Phi) is 5.11. The van der Waals surface area contributed by atoms with Crippen LogP contribution in [0.25, 0.3) is 21.2 Å². The third-order valence-corrected chi connectivity index (χ3v) is 7.13. The normalized spacial score (nSPS) is 17.9. The van der Waals surface area contributed by atoms with E-state index in [1.165, 1.54) is 26.1 Å². The molecule has 0 saturated carbocycles. The summed E-state index contributed by atoms with van der Waals surface area (Å²) < 4.78 is 1.24. The summed E-state index contributed by atoms with van der Waals surface area (Å²) in [6.07, 6.45) is 1.62. The van der Waals surface area contributed by atoms with E-state index in [4.69, 9.17) is 0 Å². The van der Waals surface area contributed by atoms with E-state index in [1.54, 1.807) is 11.3 Å². The number of hydrogen-bond donors (Lipinski definition) is 1. The summed E-state index contributed by atoms with van der Waals surface area (Å²) in [6, 6.07) is 29.1. The second-order valence-corrected chi connectivity index (χ2v) is 8.93. The molecule has 0 spiro atoms. The highest BCUT2D eigenvalue weighted by molar-refractivity contribution is 7.19. The van der Waals surface area contributed by atoms with Crippen molar-refractivity contribution in [1.29, 1.82) is 0 Å². The minimum Gasteiger partial charge on any atom is -0.480 e. The Morgan fingerprint density at radius 1 is 0.933 bits per heavy atom. The predicted octanol–water partition coefficient (Wildman–Crippen LogP) is 6.21. The molecule has 3 nitrogen and oxygen atoms in total. The first kappa shape index (κ1) is 19.0. The third-order valence-electron chi connectivity index (χ3n) is 5.96. The first-order valence-corrected chi connectivity index (χ1v) is 11.1. The van der Waals surface area contributed by atoms with Gasteiger partial charge in [0.25, 0.3) is 0 Å². The zero-order valence-electron chi connectivity index (χ0n) is 16.6. The van der Waals surface area contributed by atoms with E-state index in [1.807, 2.05) is 18.2 Å². The molecule has 1 N–H and O–H groups in total. The zero-order chi connectivity index (χ0) is 20.5. The van der Waals surface area contributed by atoms with Gasteiger partial charge in [0, 0.05) is 16.1 Å². The van der Waals surface area contributed by atoms with Crippen molar-refractivity contribution in [2.24, 2.45) is 0 Å². The van der Waals surface area contributed by atoms with Crippen molar-refractivity contribution in [3.8, 4) is 11.1 Å². The molecule has 2 unspecified atom stereocenters. The van der Waals surface area contributed by atoms with Gasteiger partial charge in [0.1, 0.15) is 6.04 Å². The van der Waals surface area contributed by atoms with Crippen LogP contribution in [0.3, 0.4) is 0 Å². The highest BCUT2D eigenvalue weighted by atomic mass is 32.1. The Morgan fingerprint density at radius 2 is 1.63 bits per heavy atom. The molecule has 2 atom stereocenters. The average molecular weight is 414 g/mol. The minimum absolute atomic E-state index is 0.0455. The molecule has 0 amide bonds. The van der Waals surface area contributed by atoms with Gasteiger partial charge in [-0.1, -0.05) is 72.8 Å². The Bertz CT molecular complexity index is 1130. The number of thiophene rings is 1. The van der Waals surface area contributed by atoms with E-state index in [9.17, 15) is 9.90 Å². The minimum atomic E-state index is -0.723. The van der Waals surface area contributed by atoms with Crippen molar-refractivity contribution < 1.29 is 9.90 Å². The van der Waals surface area contributed by atoms with Crippen molar-refractivity contribution in [3.63, 3.8) is 0 Å². The Balaban J connectivity index is 1.58. The van der Waals surface area contributed by atoms with Gasteiger partial charge in [-0.15, -0.1) is 11.3 Å². The topological polar surface area (TPSA) is 40.5 Å². The number of rotatable bonds is 5. The van der Waals surface area contributed by atoms with Crippen LogP contribution in [0.15, 0.2) is 84.9 Å². The van der Waals surface area contributed by atoms with Crippen LogP contribution in [0.2, 0.25) is 0 Å². The molecule has 30 heavy (non-hydrogen) atoms. The molecule has 0 bridgehead atoms. The summed E-state index contributed by atoms with van der Waals surface area (Å²) >= 11 is 1.77. The summed E-state index contributed by atoms with van der Waals surface area (Å²) in [7, 11) is 0. The predicted molar refractivity (Wildman–Crippen MR) is 123 cm³/mol. The SMILES string of the molecule is O=C(O)C1CCCN1C(c1ccc(-c2ccccc2)cc1)c1cc2ccccc2s1. The van der Waals surface area contributed by atoms with Gasteiger partial charge in [-0.05, 0) is 47.1 Å². The molecule has 1 fully saturated rings. The third kappa shape index (κ3) is 3.53. The Labute approximate surface area is 180 Å².